The van der Waals surface area contributed by atoms with Crippen LogP contribution in [-0.2, 0) is 11.3 Å². The summed E-state index contributed by atoms with van der Waals surface area (Å²) in [6.45, 7) is 4.70. The van der Waals surface area contributed by atoms with Crippen molar-refractivity contribution in [2.24, 2.45) is 4.99 Å². The minimum Gasteiger partial charge on any atom is -0.477 e. The third-order valence-corrected chi connectivity index (χ3v) is 2.56. The summed E-state index contributed by atoms with van der Waals surface area (Å²) in [4.78, 5) is 8.40. The lowest BCUT2D eigenvalue weighted by Gasteiger charge is -2.13. The maximum atomic E-state index is 5.62. The average molecular weight is 280 g/mol. The van der Waals surface area contributed by atoms with E-state index in [1.807, 2.05) is 12.1 Å². The van der Waals surface area contributed by atoms with Crippen molar-refractivity contribution in [2.75, 3.05) is 33.9 Å². The van der Waals surface area contributed by atoms with Crippen molar-refractivity contribution in [3.63, 3.8) is 0 Å². The fourth-order valence-electron chi connectivity index (χ4n) is 1.56. The van der Waals surface area contributed by atoms with Crippen LogP contribution < -0.4 is 15.4 Å². The van der Waals surface area contributed by atoms with Crippen LogP contribution in [0.3, 0.4) is 0 Å². The number of rotatable bonds is 8. The van der Waals surface area contributed by atoms with E-state index < -0.39 is 0 Å². The third kappa shape index (κ3) is 5.88. The highest BCUT2D eigenvalue weighted by molar-refractivity contribution is 5.79. The molecule has 0 radical (unpaired) electrons. The number of aliphatic imine (C=N–C) groups is 1. The maximum Gasteiger partial charge on any atom is 0.218 e. The van der Waals surface area contributed by atoms with Crippen molar-refractivity contribution in [3.8, 4) is 5.88 Å². The summed E-state index contributed by atoms with van der Waals surface area (Å²) in [6.07, 6.45) is 2.70. The summed E-state index contributed by atoms with van der Waals surface area (Å²) in [7, 11) is 3.41. The molecular formula is C14H24N4O2. The minimum absolute atomic E-state index is 0.611. The smallest absolute Gasteiger partial charge is 0.218 e. The largest absolute Gasteiger partial charge is 0.477 e. The van der Waals surface area contributed by atoms with Gasteiger partial charge in [-0.1, -0.05) is 13.0 Å². The monoisotopic (exact) mass is 280 g/mol. The SMILES string of the molecule is CCCOc1ncccc1CNC(=NC)NCCOC. The van der Waals surface area contributed by atoms with Gasteiger partial charge in [0, 0.05) is 39.0 Å². The van der Waals surface area contributed by atoms with Crippen molar-refractivity contribution >= 4 is 5.96 Å². The normalized spacial score (nSPS) is 11.2. The molecule has 0 saturated heterocycles. The highest BCUT2D eigenvalue weighted by atomic mass is 16.5. The molecule has 0 aliphatic heterocycles. The summed E-state index contributed by atoms with van der Waals surface area (Å²) in [6, 6.07) is 3.89. The first-order valence-corrected chi connectivity index (χ1v) is 6.82. The van der Waals surface area contributed by atoms with Crippen molar-refractivity contribution in [1.82, 2.24) is 15.6 Å². The molecule has 6 heteroatoms. The van der Waals surface area contributed by atoms with Crippen LogP contribution in [0.1, 0.15) is 18.9 Å². The molecule has 0 amide bonds. The number of methoxy groups -OCH3 is 1. The molecule has 0 aliphatic carbocycles. The molecule has 1 rings (SSSR count). The number of pyridine rings is 1. The molecule has 1 heterocycles. The number of hydrogen-bond acceptors (Lipinski definition) is 4. The number of nitrogens with one attached hydrogen (secondary N) is 2. The number of ether oxygens (including phenoxy) is 2. The Balaban J connectivity index is 2.50. The van der Waals surface area contributed by atoms with Crippen LogP contribution in [0.5, 0.6) is 5.88 Å². The summed E-state index contributed by atoms with van der Waals surface area (Å²) < 4.78 is 10.6. The van der Waals surface area contributed by atoms with E-state index in [0.717, 1.165) is 17.9 Å². The average Bonchev–Trinajstić information content (AvgIpc) is 2.49. The van der Waals surface area contributed by atoms with E-state index in [1.54, 1.807) is 20.4 Å². The summed E-state index contributed by atoms with van der Waals surface area (Å²) >= 11 is 0. The molecule has 0 atom stereocenters. The zero-order valence-corrected chi connectivity index (χ0v) is 12.5. The number of aromatic nitrogens is 1. The van der Waals surface area contributed by atoms with Gasteiger partial charge >= 0.3 is 0 Å². The second kappa shape index (κ2) is 10.0. The molecule has 0 aliphatic rings. The van der Waals surface area contributed by atoms with Crippen LogP contribution in [0.4, 0.5) is 0 Å². The maximum absolute atomic E-state index is 5.62. The number of guanidine groups is 1. The van der Waals surface area contributed by atoms with Gasteiger partial charge in [0.05, 0.1) is 13.2 Å². The molecule has 0 unspecified atom stereocenters. The first kappa shape index (κ1) is 16.2. The van der Waals surface area contributed by atoms with Gasteiger partial charge in [0.15, 0.2) is 5.96 Å². The molecule has 112 valence electrons. The molecule has 20 heavy (non-hydrogen) atoms. The van der Waals surface area contributed by atoms with Crippen LogP contribution in [0.25, 0.3) is 0 Å². The van der Waals surface area contributed by atoms with Crippen LogP contribution in [0, 0.1) is 0 Å². The summed E-state index contributed by atoms with van der Waals surface area (Å²) in [5, 5.41) is 6.38. The second-order valence-electron chi connectivity index (χ2n) is 4.16. The lowest BCUT2D eigenvalue weighted by Crippen LogP contribution is -2.38. The summed E-state index contributed by atoms with van der Waals surface area (Å²) in [5.41, 5.74) is 1.01. The Bertz CT molecular complexity index is 410. The van der Waals surface area contributed by atoms with E-state index in [0.29, 0.717) is 32.2 Å². The Kier molecular flexibility index (Phi) is 8.14. The fraction of sp³-hybridized carbons (Fsp3) is 0.571. The Morgan fingerprint density at radius 3 is 2.90 bits per heavy atom. The Morgan fingerprint density at radius 2 is 2.20 bits per heavy atom. The highest BCUT2D eigenvalue weighted by Gasteiger charge is 2.05. The lowest BCUT2D eigenvalue weighted by molar-refractivity contribution is 0.203. The minimum atomic E-state index is 0.611. The van der Waals surface area contributed by atoms with E-state index in [-0.39, 0.29) is 0 Å². The highest BCUT2D eigenvalue weighted by Crippen LogP contribution is 2.13. The van der Waals surface area contributed by atoms with Crippen molar-refractivity contribution in [3.05, 3.63) is 23.9 Å². The van der Waals surface area contributed by atoms with Crippen molar-refractivity contribution < 1.29 is 9.47 Å². The molecule has 0 saturated carbocycles. The molecule has 2 N–H and O–H groups in total. The standard InChI is InChI=1S/C14H24N4O2/c1-4-9-20-13-12(6-5-7-16-13)11-18-14(15-2)17-8-10-19-3/h5-7H,4,8-11H2,1-3H3,(H2,15,17,18). The first-order chi connectivity index (χ1) is 9.81. The predicted octanol–water partition coefficient (Wildman–Crippen LogP) is 1.18. The molecule has 1 aromatic rings. The molecule has 0 bridgehead atoms. The van der Waals surface area contributed by atoms with Gasteiger partial charge in [0.25, 0.3) is 0 Å². The van der Waals surface area contributed by atoms with E-state index in [9.17, 15) is 0 Å². The second-order valence-corrected chi connectivity index (χ2v) is 4.16. The van der Waals surface area contributed by atoms with E-state index in [4.69, 9.17) is 9.47 Å². The molecule has 0 spiro atoms. The quantitative estimate of drug-likeness (QED) is 0.425. The third-order valence-electron chi connectivity index (χ3n) is 2.56. The molecule has 6 nitrogen and oxygen atoms in total. The zero-order valence-electron chi connectivity index (χ0n) is 12.5. The molecular weight excluding hydrogens is 256 g/mol. The van der Waals surface area contributed by atoms with Crippen LogP contribution in [0.15, 0.2) is 23.3 Å². The molecule has 0 fully saturated rings. The van der Waals surface area contributed by atoms with Crippen LogP contribution in [-0.4, -0.2) is 44.9 Å². The van der Waals surface area contributed by atoms with Gasteiger partial charge in [-0.3, -0.25) is 4.99 Å². The van der Waals surface area contributed by atoms with E-state index in [1.165, 1.54) is 0 Å². The Hall–Kier alpha value is -1.82. The van der Waals surface area contributed by atoms with Gasteiger partial charge in [-0.05, 0) is 12.5 Å². The molecule has 1 aromatic heterocycles. The van der Waals surface area contributed by atoms with Gasteiger partial charge in [-0.15, -0.1) is 0 Å². The first-order valence-electron chi connectivity index (χ1n) is 6.82. The zero-order chi connectivity index (χ0) is 14.6. The van der Waals surface area contributed by atoms with Gasteiger partial charge in [0.1, 0.15) is 0 Å². The predicted molar refractivity (Wildman–Crippen MR) is 80.1 cm³/mol. The van der Waals surface area contributed by atoms with Gasteiger partial charge in [-0.25, -0.2) is 4.98 Å². The van der Waals surface area contributed by atoms with Gasteiger partial charge < -0.3 is 20.1 Å². The van der Waals surface area contributed by atoms with Crippen LogP contribution >= 0.6 is 0 Å². The van der Waals surface area contributed by atoms with Crippen molar-refractivity contribution in [2.45, 2.75) is 19.9 Å². The van der Waals surface area contributed by atoms with Crippen molar-refractivity contribution in [1.29, 1.82) is 0 Å². The van der Waals surface area contributed by atoms with Crippen LogP contribution in [0.2, 0.25) is 0 Å². The Labute approximate surface area is 120 Å². The topological polar surface area (TPSA) is 67.8 Å². The lowest BCUT2D eigenvalue weighted by atomic mass is 10.2. The van der Waals surface area contributed by atoms with Gasteiger partial charge in [0.2, 0.25) is 5.88 Å². The Morgan fingerprint density at radius 1 is 1.35 bits per heavy atom. The summed E-state index contributed by atoms with van der Waals surface area (Å²) in [5.74, 6) is 1.40. The van der Waals surface area contributed by atoms with E-state index >= 15 is 0 Å². The number of hydrogen-bond donors (Lipinski definition) is 2. The number of nitrogens with zero attached hydrogens (tertiary/aromatic N) is 2. The molecule has 0 aromatic carbocycles. The fourth-order valence-corrected chi connectivity index (χ4v) is 1.56. The van der Waals surface area contributed by atoms with E-state index in [2.05, 4.69) is 27.5 Å². The van der Waals surface area contributed by atoms with Gasteiger partial charge in [-0.2, -0.15) is 0 Å².